The zero-order valence-corrected chi connectivity index (χ0v) is 15.9. The molecule has 8 heteroatoms. The van der Waals surface area contributed by atoms with E-state index in [9.17, 15) is 0 Å². The van der Waals surface area contributed by atoms with E-state index in [1.54, 1.807) is 0 Å². The third-order valence-corrected chi connectivity index (χ3v) is 1.66. The van der Waals surface area contributed by atoms with E-state index in [4.69, 9.17) is 27.9 Å². The zero-order valence-electron chi connectivity index (χ0n) is 11.9. The van der Waals surface area contributed by atoms with Crippen LogP contribution in [-0.2, 0) is 70.0 Å². The van der Waals surface area contributed by atoms with Crippen LogP contribution < -0.4 is 0 Å². The minimum absolute atomic E-state index is 0. The first-order chi connectivity index (χ1) is 11.0. The van der Waals surface area contributed by atoms with Gasteiger partial charge in [-0.05, 0) is 63.2 Å². The Balaban J connectivity index is -0.0000000360. The minimum atomic E-state index is 0. The molecule has 2 aliphatic carbocycles. The van der Waals surface area contributed by atoms with Crippen LogP contribution in [0.5, 0.6) is 0 Å². The summed E-state index contributed by atoms with van der Waals surface area (Å²) < 4.78 is 45.0. The number of hydrogen-bond donors (Lipinski definition) is 0. The van der Waals surface area contributed by atoms with E-state index < -0.39 is 0 Å². The van der Waals surface area contributed by atoms with Gasteiger partial charge in [0.25, 0.3) is 0 Å². The molecule has 2 saturated carbocycles. The van der Waals surface area contributed by atoms with Gasteiger partial charge in [0.2, 0.25) is 0 Å². The van der Waals surface area contributed by atoms with Crippen LogP contribution in [0.2, 0.25) is 0 Å². The molecule has 0 atom stereocenters. The van der Waals surface area contributed by atoms with Gasteiger partial charge in [-0.1, -0.05) is 0 Å². The van der Waals surface area contributed by atoms with E-state index in [1.165, 1.54) is 11.8 Å². The van der Waals surface area contributed by atoms with Crippen LogP contribution in [0.15, 0.2) is 0 Å². The predicted molar refractivity (Wildman–Crippen MR) is 64.5 cm³/mol. The molecule has 0 aromatic heterocycles. The standard InChI is InChI=1S/C10H8.6CO.2Mo/c1-2-6-9(5-1)10-7-3-4-8-10;6*1-2;;/h1-8H;;;;;;;;. The van der Waals surface area contributed by atoms with Crippen molar-refractivity contribution in [1.29, 1.82) is 0 Å². The quantitative estimate of drug-likeness (QED) is 0.303. The van der Waals surface area contributed by atoms with Crippen LogP contribution in [0.1, 0.15) is 0 Å². The second-order valence-electron chi connectivity index (χ2n) is 2.35. The summed E-state index contributed by atoms with van der Waals surface area (Å²) in [6.07, 6.45) is 16.7. The first-order valence-electron chi connectivity index (χ1n) is 4.63. The van der Waals surface area contributed by atoms with Crippen LogP contribution in [0.3, 0.4) is 0 Å². The molecule has 24 heavy (non-hydrogen) atoms. The van der Waals surface area contributed by atoms with Crippen molar-refractivity contribution in [3.63, 3.8) is 0 Å². The van der Waals surface area contributed by atoms with E-state index in [-0.39, 0.29) is 42.1 Å². The van der Waals surface area contributed by atoms with Crippen LogP contribution in [0.4, 0.5) is 0 Å². The van der Waals surface area contributed by atoms with Gasteiger partial charge in [-0.15, -0.1) is 0 Å². The average Bonchev–Trinajstić information content (AvgIpc) is 3.39. The predicted octanol–water partition coefficient (Wildman–Crippen LogP) is 1.57. The van der Waals surface area contributed by atoms with Crippen molar-refractivity contribution in [1.82, 2.24) is 0 Å². The summed E-state index contributed by atoms with van der Waals surface area (Å²) in [5.74, 6) is 2.62. The van der Waals surface area contributed by atoms with Crippen molar-refractivity contribution in [3.05, 3.63) is 103 Å². The van der Waals surface area contributed by atoms with E-state index in [0.29, 0.717) is 0 Å². The van der Waals surface area contributed by atoms with Crippen molar-refractivity contribution in [2.45, 2.75) is 0 Å². The molecule has 0 unspecified atom stereocenters. The fourth-order valence-electron chi connectivity index (χ4n) is 1.13. The Morgan fingerprint density at radius 3 is 0.625 bits per heavy atom. The van der Waals surface area contributed by atoms with Crippen LogP contribution >= 0.6 is 0 Å². The molecule has 0 N–H and O–H groups in total. The van der Waals surface area contributed by atoms with E-state index >= 15 is 0 Å². The van der Waals surface area contributed by atoms with Crippen molar-refractivity contribution in [2.24, 2.45) is 0 Å². The maximum absolute atomic E-state index is 7.50. The van der Waals surface area contributed by atoms with Gasteiger partial charge in [0, 0.05) is 42.1 Å². The fourth-order valence-corrected chi connectivity index (χ4v) is 1.13. The average molecular weight is 488 g/mol. The molecule has 2 aliphatic rings. The Kier molecular flexibility index (Phi) is 104. The molecule has 0 heterocycles. The Labute approximate surface area is 172 Å². The third kappa shape index (κ3) is 29.8. The molecule has 0 spiro atoms. The van der Waals surface area contributed by atoms with E-state index in [0.717, 1.165) is 0 Å². The SMILES string of the molecule is [C-]#[O+].[C-]#[O+].[C-]#[O+].[C-]#[O+].[C-]#[O+].[C-]#[O+].[CH]1[CH][CH][C]([C]2[CH][CH][CH][CH]2)[CH]1.[Mo].[Mo]. The second kappa shape index (κ2) is 56.9. The molecule has 0 bridgehead atoms. The van der Waals surface area contributed by atoms with Crippen molar-refractivity contribution in [2.75, 3.05) is 0 Å². The molecular formula is C16H8Mo2O6. The van der Waals surface area contributed by atoms with Crippen molar-refractivity contribution < 1.29 is 70.0 Å². The van der Waals surface area contributed by atoms with Gasteiger partial charge in [0.1, 0.15) is 0 Å². The normalized spacial score (nSPS) is 13.0. The smallest absolute Gasteiger partial charge is 0 e. The maximum atomic E-state index is 7.50. The monoisotopic (exact) mass is 492 g/mol. The molecule has 2 fully saturated rings. The van der Waals surface area contributed by atoms with Gasteiger partial charge in [-0.25, -0.2) is 0 Å². The summed E-state index contributed by atoms with van der Waals surface area (Å²) in [4.78, 5) is 0. The first-order valence-corrected chi connectivity index (χ1v) is 4.63. The first kappa shape index (κ1) is 43.8. The summed E-state index contributed by atoms with van der Waals surface area (Å²) >= 11 is 0. The molecule has 0 aromatic carbocycles. The van der Waals surface area contributed by atoms with Gasteiger partial charge in [0.15, 0.2) is 0 Å². The van der Waals surface area contributed by atoms with Crippen LogP contribution in [0.25, 0.3) is 0 Å². The topological polar surface area (TPSA) is 119 Å². The summed E-state index contributed by atoms with van der Waals surface area (Å²) in [5.41, 5.74) is 0. The minimum Gasteiger partial charge on any atom is -0.0309 e. The van der Waals surface area contributed by atoms with Crippen LogP contribution in [-0.4, -0.2) is 0 Å². The Morgan fingerprint density at radius 1 is 0.375 bits per heavy atom. The van der Waals surface area contributed by atoms with Gasteiger partial charge >= 0.3 is 67.8 Å². The van der Waals surface area contributed by atoms with Crippen molar-refractivity contribution in [3.8, 4) is 0 Å². The van der Waals surface area contributed by atoms with Gasteiger partial charge in [-0.3, -0.25) is 0 Å². The molecule has 0 saturated heterocycles. The van der Waals surface area contributed by atoms with Gasteiger partial charge < -0.3 is 0 Å². The molecule has 2 rings (SSSR count). The largest absolute Gasteiger partial charge is 0.0309 e. The summed E-state index contributed by atoms with van der Waals surface area (Å²) in [6.45, 7) is 27.0. The summed E-state index contributed by atoms with van der Waals surface area (Å²) in [5, 5.41) is 0. The molecular weight excluding hydrogens is 480 g/mol. The molecule has 0 aliphatic heterocycles. The number of hydrogen-bond acceptors (Lipinski definition) is 0. The Bertz CT molecular complexity index is 247. The fraction of sp³-hybridized carbons (Fsp3) is 0. The molecule has 6 nitrogen and oxygen atoms in total. The third-order valence-electron chi connectivity index (χ3n) is 1.66. The van der Waals surface area contributed by atoms with Gasteiger partial charge in [-0.2, -0.15) is 0 Å². The maximum Gasteiger partial charge on any atom is 0 e. The van der Waals surface area contributed by atoms with E-state index in [2.05, 4.69) is 91.3 Å². The van der Waals surface area contributed by atoms with Crippen LogP contribution in [0, 0.1) is 103 Å². The summed E-state index contributed by atoms with van der Waals surface area (Å²) in [7, 11) is 0. The van der Waals surface area contributed by atoms with Gasteiger partial charge in [0.05, 0.1) is 0 Å². The molecule has 0 amide bonds. The zero-order chi connectivity index (χ0) is 18.8. The Morgan fingerprint density at radius 2 is 0.500 bits per heavy atom. The molecule has 120 valence electrons. The number of rotatable bonds is 1. The molecule has 0 aromatic rings. The van der Waals surface area contributed by atoms with E-state index in [1.807, 2.05) is 0 Å². The Hall–Kier alpha value is -0.183. The molecule has 10 radical (unpaired) electrons. The summed E-state index contributed by atoms with van der Waals surface area (Å²) in [6, 6.07) is 0. The van der Waals surface area contributed by atoms with Crippen molar-refractivity contribution >= 4 is 0 Å². The second-order valence-corrected chi connectivity index (χ2v) is 2.35.